The maximum atomic E-state index is 13.4. The van der Waals surface area contributed by atoms with E-state index in [1.165, 1.54) is 0 Å². The second-order valence-corrected chi connectivity index (χ2v) is 12.1. The summed E-state index contributed by atoms with van der Waals surface area (Å²) in [5.74, 6) is 1.32. The number of rotatable bonds is 18. The van der Waals surface area contributed by atoms with Gasteiger partial charge in [0.15, 0.2) is 0 Å². The topological polar surface area (TPSA) is 105 Å². The van der Waals surface area contributed by atoms with Gasteiger partial charge in [0, 0.05) is 46.3 Å². The van der Waals surface area contributed by atoms with E-state index in [9.17, 15) is 9.59 Å². The molecule has 0 aromatic heterocycles. The summed E-state index contributed by atoms with van der Waals surface area (Å²) in [4.78, 5) is 28.8. The molecule has 11 heteroatoms. The Bertz CT molecular complexity index is 1440. The molecular weight excluding hydrogens is 628 g/mol. The fourth-order valence-corrected chi connectivity index (χ4v) is 6.26. The number of piperidine rings is 1. The van der Waals surface area contributed by atoms with E-state index in [2.05, 4.69) is 11.0 Å². The van der Waals surface area contributed by atoms with Crippen molar-refractivity contribution in [3.05, 3.63) is 89.5 Å². The largest absolute Gasteiger partial charge is 0.494 e. The van der Waals surface area contributed by atoms with Crippen molar-refractivity contribution in [1.82, 2.24) is 4.90 Å². The van der Waals surface area contributed by atoms with E-state index >= 15 is 0 Å². The average Bonchev–Trinajstić information content (AvgIpc) is 3.14. The van der Waals surface area contributed by atoms with Crippen LogP contribution < -0.4 is 14.4 Å². The van der Waals surface area contributed by atoms with Crippen LogP contribution in [0.1, 0.15) is 35.4 Å². The fraction of sp³-hybridized carbons (Fsp3) is 0.474. The van der Waals surface area contributed by atoms with Crippen molar-refractivity contribution < 1.29 is 42.7 Å². The maximum absolute atomic E-state index is 13.4. The van der Waals surface area contributed by atoms with Gasteiger partial charge < -0.3 is 47.8 Å². The van der Waals surface area contributed by atoms with Crippen LogP contribution in [0.25, 0.3) is 0 Å². The molecule has 1 saturated heterocycles. The van der Waals surface area contributed by atoms with Crippen molar-refractivity contribution in [3.8, 4) is 11.5 Å². The molecule has 1 fully saturated rings. The minimum Gasteiger partial charge on any atom is -0.494 e. The van der Waals surface area contributed by atoms with Gasteiger partial charge in [0.25, 0.3) is 0 Å². The summed E-state index contributed by atoms with van der Waals surface area (Å²) >= 11 is 0. The predicted molar refractivity (Wildman–Crippen MR) is 184 cm³/mol. The molecule has 0 radical (unpaired) electrons. The van der Waals surface area contributed by atoms with Gasteiger partial charge >= 0.3 is 6.09 Å². The summed E-state index contributed by atoms with van der Waals surface area (Å²) in [5.41, 5.74) is 3.87. The number of anilines is 1. The van der Waals surface area contributed by atoms with Crippen LogP contribution in [0.4, 0.5) is 10.5 Å². The zero-order valence-electron chi connectivity index (χ0n) is 28.5. The molecule has 0 aliphatic carbocycles. The Kier molecular flexibility index (Phi) is 14.1. The van der Waals surface area contributed by atoms with E-state index in [1.807, 2.05) is 66.7 Å². The Labute approximate surface area is 288 Å². The number of ether oxygens (including phenoxy) is 7. The monoisotopic (exact) mass is 676 g/mol. The van der Waals surface area contributed by atoms with E-state index in [-0.39, 0.29) is 32.2 Å². The molecule has 3 atom stereocenters. The minimum absolute atomic E-state index is 0.106. The highest BCUT2D eigenvalue weighted by molar-refractivity contribution is 5.68. The van der Waals surface area contributed by atoms with E-state index < -0.39 is 18.3 Å². The van der Waals surface area contributed by atoms with E-state index in [4.69, 9.17) is 33.2 Å². The van der Waals surface area contributed by atoms with Gasteiger partial charge in [-0.1, -0.05) is 48.5 Å². The first-order valence-electron chi connectivity index (χ1n) is 16.9. The summed E-state index contributed by atoms with van der Waals surface area (Å²) in [6, 6.07) is 23.5. The van der Waals surface area contributed by atoms with Crippen molar-refractivity contribution >= 4 is 18.1 Å². The Hall–Kier alpha value is -4.16. The van der Waals surface area contributed by atoms with Crippen LogP contribution in [-0.2, 0) is 41.7 Å². The number of aldehydes is 1. The van der Waals surface area contributed by atoms with Gasteiger partial charge in [-0.3, -0.25) is 0 Å². The van der Waals surface area contributed by atoms with Gasteiger partial charge in [-0.25, -0.2) is 4.79 Å². The molecule has 0 N–H and O–H groups in total. The standard InChI is InChI=1S/C38H48N2O9/c1-43-19-6-16-39-17-22-46-34-15-10-30(24-33(34)39)28-48-36-26-40(38(42)49-27-29-8-4-3-5-9-29)25-35(47-23-18-41)37(36)31-11-13-32(14-12-31)45-21-7-20-44-2/h3-5,8-15,18,24,35-37H,6-7,16-17,19-23,25-28H2,1-2H3/t35-,36+,37+/m1/s1. The second kappa shape index (κ2) is 19.1. The summed E-state index contributed by atoms with van der Waals surface area (Å²) in [5, 5.41) is 0. The van der Waals surface area contributed by atoms with Crippen molar-refractivity contribution in [2.75, 3.05) is 78.3 Å². The van der Waals surface area contributed by atoms with E-state index in [0.29, 0.717) is 33.0 Å². The third-order valence-corrected chi connectivity index (χ3v) is 8.69. The summed E-state index contributed by atoms with van der Waals surface area (Å²) in [7, 11) is 3.39. The first kappa shape index (κ1) is 36.1. The number of fused-ring (bicyclic) bond motifs is 1. The van der Waals surface area contributed by atoms with Gasteiger partial charge in [0.2, 0.25) is 0 Å². The highest BCUT2D eigenvalue weighted by atomic mass is 16.6. The summed E-state index contributed by atoms with van der Waals surface area (Å²) < 4.78 is 40.7. The number of carbonyl (C=O) groups excluding carboxylic acids is 2. The maximum Gasteiger partial charge on any atom is 0.410 e. The Morgan fingerprint density at radius 3 is 2.37 bits per heavy atom. The third-order valence-electron chi connectivity index (χ3n) is 8.69. The number of hydrogen-bond acceptors (Lipinski definition) is 10. The molecule has 3 aromatic carbocycles. The number of likely N-dealkylation sites (tertiary alicyclic amines) is 1. The molecule has 3 aromatic rings. The van der Waals surface area contributed by atoms with Crippen molar-refractivity contribution in [2.45, 2.75) is 44.2 Å². The van der Waals surface area contributed by atoms with Crippen LogP contribution >= 0.6 is 0 Å². The SMILES string of the molecule is COCCCOc1ccc([C@@H]2[C@@H](OCc3ccc4c(c3)N(CCCOC)CCO4)CN(C(=O)OCc3ccccc3)C[C@H]2OCC=O)cc1. The highest BCUT2D eigenvalue weighted by Gasteiger charge is 2.41. The zero-order chi connectivity index (χ0) is 34.3. The van der Waals surface area contributed by atoms with Crippen LogP contribution in [0, 0.1) is 0 Å². The first-order valence-corrected chi connectivity index (χ1v) is 16.9. The van der Waals surface area contributed by atoms with Crippen molar-refractivity contribution in [2.24, 2.45) is 0 Å². The van der Waals surface area contributed by atoms with Crippen molar-refractivity contribution in [3.63, 3.8) is 0 Å². The van der Waals surface area contributed by atoms with Crippen LogP contribution in [0.5, 0.6) is 11.5 Å². The van der Waals surface area contributed by atoms with Gasteiger partial charge in [-0.05, 0) is 47.4 Å². The lowest BCUT2D eigenvalue weighted by molar-refractivity contribution is -0.121. The first-order chi connectivity index (χ1) is 24.1. The van der Waals surface area contributed by atoms with Crippen LogP contribution in [0.2, 0.25) is 0 Å². The Balaban J connectivity index is 1.36. The van der Waals surface area contributed by atoms with Crippen LogP contribution in [0.15, 0.2) is 72.8 Å². The van der Waals surface area contributed by atoms with Crippen LogP contribution in [0.3, 0.4) is 0 Å². The molecule has 2 heterocycles. The minimum atomic E-state index is -0.519. The average molecular weight is 677 g/mol. The number of benzene rings is 3. The van der Waals surface area contributed by atoms with Gasteiger partial charge in [-0.2, -0.15) is 0 Å². The van der Waals surface area contributed by atoms with Gasteiger partial charge in [0.05, 0.1) is 50.7 Å². The quantitative estimate of drug-likeness (QED) is 0.131. The predicted octanol–water partition coefficient (Wildman–Crippen LogP) is 5.24. The molecule has 0 spiro atoms. The molecular formula is C38H48N2O9. The van der Waals surface area contributed by atoms with Crippen molar-refractivity contribution in [1.29, 1.82) is 0 Å². The Morgan fingerprint density at radius 1 is 0.857 bits per heavy atom. The van der Waals surface area contributed by atoms with E-state index in [0.717, 1.165) is 66.1 Å². The van der Waals surface area contributed by atoms with Crippen LogP contribution in [-0.4, -0.2) is 103 Å². The number of methoxy groups -OCH3 is 2. The molecule has 1 amide bonds. The molecule has 0 saturated carbocycles. The number of amides is 1. The molecule has 11 nitrogen and oxygen atoms in total. The fourth-order valence-electron chi connectivity index (χ4n) is 6.26. The molecule has 0 bridgehead atoms. The highest BCUT2D eigenvalue weighted by Crippen LogP contribution is 2.36. The van der Waals surface area contributed by atoms with E-state index in [1.54, 1.807) is 19.1 Å². The van der Waals surface area contributed by atoms with Gasteiger partial charge in [-0.15, -0.1) is 0 Å². The molecule has 2 aliphatic rings. The third kappa shape index (κ3) is 10.4. The summed E-state index contributed by atoms with van der Waals surface area (Å²) in [6.07, 6.45) is 0.977. The number of carbonyl (C=O) groups is 2. The molecule has 0 unspecified atom stereocenters. The molecule has 2 aliphatic heterocycles. The second-order valence-electron chi connectivity index (χ2n) is 12.1. The molecule has 5 rings (SSSR count). The number of hydrogen-bond donors (Lipinski definition) is 0. The lowest BCUT2D eigenvalue weighted by Crippen LogP contribution is -2.54. The molecule has 49 heavy (non-hydrogen) atoms. The Morgan fingerprint density at radius 2 is 1.61 bits per heavy atom. The zero-order valence-corrected chi connectivity index (χ0v) is 28.5. The smallest absolute Gasteiger partial charge is 0.410 e. The lowest BCUT2D eigenvalue weighted by Gasteiger charge is -2.43. The normalized spacial score (nSPS) is 18.8. The lowest BCUT2D eigenvalue weighted by atomic mass is 9.84. The number of nitrogens with zero attached hydrogens (tertiary/aromatic N) is 2. The van der Waals surface area contributed by atoms with Gasteiger partial charge in [0.1, 0.15) is 37.6 Å². The molecule has 264 valence electrons. The summed E-state index contributed by atoms with van der Waals surface area (Å²) in [6.45, 7) is 5.03.